The standard InChI is InChI=1S/C7H8ClN2O/c1-5(11)7-3-6(9-8)4-10(7)2/h3-4H,1-2H3/q-1. The van der Waals surface area contributed by atoms with E-state index in [2.05, 4.69) is 4.84 Å². The second kappa shape index (κ2) is 2.96. The molecule has 1 rings (SSSR count). The smallest absolute Gasteiger partial charge is 0.176 e. The molecule has 0 fully saturated rings. The molecule has 0 aliphatic heterocycles. The van der Waals surface area contributed by atoms with Crippen molar-refractivity contribution < 1.29 is 4.79 Å². The Hall–Kier alpha value is -0.960. The Kier molecular flexibility index (Phi) is 2.19. The van der Waals surface area contributed by atoms with Gasteiger partial charge in [-0.1, -0.05) is 0 Å². The van der Waals surface area contributed by atoms with Crippen LogP contribution in [0.3, 0.4) is 0 Å². The number of hydrogen-bond donors (Lipinski definition) is 0. The van der Waals surface area contributed by atoms with Crippen molar-refractivity contribution in [2.24, 2.45) is 7.05 Å². The van der Waals surface area contributed by atoms with Crippen LogP contribution >= 0.6 is 11.8 Å². The lowest BCUT2D eigenvalue weighted by Crippen LogP contribution is -1.99. The lowest BCUT2D eigenvalue weighted by atomic mass is 10.3. The topological polar surface area (TPSA) is 36.1 Å². The fourth-order valence-corrected chi connectivity index (χ4v) is 1.04. The predicted molar refractivity (Wildman–Crippen MR) is 44.3 cm³/mol. The van der Waals surface area contributed by atoms with Gasteiger partial charge in [-0.3, -0.25) is 4.79 Å². The van der Waals surface area contributed by atoms with Gasteiger partial charge in [0, 0.05) is 14.0 Å². The average molecular weight is 172 g/mol. The molecule has 0 aromatic carbocycles. The van der Waals surface area contributed by atoms with Crippen LogP contribution in [0, 0.1) is 0 Å². The van der Waals surface area contributed by atoms with E-state index in [0.29, 0.717) is 11.4 Å². The Balaban J connectivity index is 3.07. The molecule has 0 saturated carbocycles. The first-order chi connectivity index (χ1) is 5.15. The summed E-state index contributed by atoms with van der Waals surface area (Å²) in [5.41, 5.74) is 1.23. The van der Waals surface area contributed by atoms with Gasteiger partial charge in [0.25, 0.3) is 0 Å². The number of carbonyl (C=O) groups is 1. The van der Waals surface area contributed by atoms with E-state index in [1.165, 1.54) is 6.92 Å². The van der Waals surface area contributed by atoms with Crippen LogP contribution in [0.5, 0.6) is 0 Å². The highest BCUT2D eigenvalue weighted by atomic mass is 35.5. The highest BCUT2D eigenvalue weighted by molar-refractivity contribution is 6.28. The van der Waals surface area contributed by atoms with E-state index in [9.17, 15) is 4.79 Å². The number of carbonyl (C=O) groups excluding carboxylic acids is 1. The van der Waals surface area contributed by atoms with Crippen LogP contribution in [0.1, 0.15) is 17.4 Å². The minimum absolute atomic E-state index is 0.0130. The summed E-state index contributed by atoms with van der Waals surface area (Å²) in [6.45, 7) is 1.51. The molecule has 3 nitrogen and oxygen atoms in total. The van der Waals surface area contributed by atoms with E-state index in [1.54, 1.807) is 23.9 Å². The predicted octanol–water partition coefficient (Wildman–Crippen LogP) is 2.39. The summed E-state index contributed by atoms with van der Waals surface area (Å²) in [5.74, 6) is 0.0130. The van der Waals surface area contributed by atoms with Gasteiger partial charge < -0.3 is 9.40 Å². The monoisotopic (exact) mass is 171 g/mol. The SMILES string of the molecule is CC(=O)c1cc([N-]Cl)cn1C. The molecule has 4 heteroatoms. The third kappa shape index (κ3) is 1.54. The van der Waals surface area contributed by atoms with Gasteiger partial charge in [0.1, 0.15) is 0 Å². The Bertz CT molecular complexity index is 280. The number of hydrogen-bond acceptors (Lipinski definition) is 1. The zero-order valence-electron chi connectivity index (χ0n) is 6.34. The number of ketones is 1. The van der Waals surface area contributed by atoms with Gasteiger partial charge in [0.15, 0.2) is 5.78 Å². The molecule has 11 heavy (non-hydrogen) atoms. The lowest BCUT2D eigenvalue weighted by molar-refractivity contribution is 0.101. The van der Waals surface area contributed by atoms with Crippen molar-refractivity contribution in [1.29, 1.82) is 0 Å². The normalized spacial score (nSPS) is 9.73. The average Bonchev–Trinajstić information content (AvgIpc) is 2.30. The second-order valence-corrected chi connectivity index (χ2v) is 2.50. The Morgan fingerprint density at radius 2 is 2.36 bits per heavy atom. The van der Waals surface area contributed by atoms with Crippen molar-refractivity contribution >= 4 is 23.2 Å². The molecule has 1 aromatic heterocycles. The number of aryl methyl sites for hydroxylation is 1. The number of aromatic nitrogens is 1. The molecule has 0 radical (unpaired) electrons. The summed E-state index contributed by atoms with van der Waals surface area (Å²) < 4.78 is 1.70. The highest BCUT2D eigenvalue weighted by Crippen LogP contribution is 2.22. The maximum absolute atomic E-state index is 10.9. The zero-order chi connectivity index (χ0) is 8.43. The van der Waals surface area contributed by atoms with E-state index in [0.717, 1.165) is 0 Å². The van der Waals surface area contributed by atoms with Crippen LogP contribution in [-0.2, 0) is 7.05 Å². The summed E-state index contributed by atoms with van der Waals surface area (Å²) >= 11 is 5.22. The number of Topliss-reactive ketones (excluding diaryl/α,β-unsaturated/α-hetero) is 1. The largest absolute Gasteiger partial charge is 0.600 e. The maximum Gasteiger partial charge on any atom is 0.176 e. The second-order valence-electron chi connectivity index (χ2n) is 2.34. The van der Waals surface area contributed by atoms with Gasteiger partial charge in [0.05, 0.1) is 5.69 Å². The lowest BCUT2D eigenvalue weighted by Gasteiger charge is -2.04. The molecule has 0 unspecified atom stereocenters. The first kappa shape index (κ1) is 8.14. The van der Waals surface area contributed by atoms with E-state index in [1.807, 2.05) is 0 Å². The van der Waals surface area contributed by atoms with E-state index in [4.69, 9.17) is 11.8 Å². The van der Waals surface area contributed by atoms with Crippen molar-refractivity contribution in [3.05, 3.63) is 22.8 Å². The summed E-state index contributed by atoms with van der Waals surface area (Å²) in [4.78, 5) is 14.3. The first-order valence-electron chi connectivity index (χ1n) is 3.14. The summed E-state index contributed by atoms with van der Waals surface area (Å²) in [6.07, 6.45) is 1.70. The van der Waals surface area contributed by atoms with Crippen molar-refractivity contribution in [2.45, 2.75) is 6.92 Å². The van der Waals surface area contributed by atoms with Gasteiger partial charge in [-0.25, -0.2) is 11.8 Å². The third-order valence-corrected chi connectivity index (χ3v) is 1.64. The van der Waals surface area contributed by atoms with Crippen LogP contribution in [-0.4, -0.2) is 10.4 Å². The molecule has 0 saturated heterocycles. The first-order valence-corrected chi connectivity index (χ1v) is 3.48. The molecule has 0 aliphatic carbocycles. The molecule has 0 amide bonds. The van der Waals surface area contributed by atoms with Gasteiger partial charge >= 0.3 is 0 Å². The zero-order valence-corrected chi connectivity index (χ0v) is 7.09. The fraction of sp³-hybridized carbons (Fsp3) is 0.286. The summed E-state index contributed by atoms with van der Waals surface area (Å²) in [7, 11) is 1.78. The molecule has 0 N–H and O–H groups in total. The van der Waals surface area contributed by atoms with Crippen LogP contribution < -0.4 is 0 Å². The maximum atomic E-state index is 10.9. The third-order valence-electron chi connectivity index (χ3n) is 1.45. The quantitative estimate of drug-likeness (QED) is 0.630. The Labute approximate surface area is 70.1 Å². The van der Waals surface area contributed by atoms with Crippen molar-refractivity contribution in [3.8, 4) is 0 Å². The van der Waals surface area contributed by atoms with Crippen LogP contribution in [0.4, 0.5) is 5.69 Å². The molecule has 1 aromatic rings. The van der Waals surface area contributed by atoms with E-state index < -0.39 is 0 Å². The molecular formula is C7H8ClN2O-. The van der Waals surface area contributed by atoms with Gasteiger partial charge in [-0.05, 0) is 12.3 Å². The number of rotatable bonds is 2. The molecule has 1 heterocycles. The van der Waals surface area contributed by atoms with Crippen molar-refractivity contribution in [2.75, 3.05) is 0 Å². The minimum Gasteiger partial charge on any atom is -0.600 e. The van der Waals surface area contributed by atoms with E-state index in [-0.39, 0.29) is 5.78 Å². The molecule has 0 atom stereocenters. The van der Waals surface area contributed by atoms with Gasteiger partial charge in [-0.2, -0.15) is 0 Å². The van der Waals surface area contributed by atoms with Crippen LogP contribution in [0.25, 0.3) is 4.84 Å². The molecule has 60 valence electrons. The van der Waals surface area contributed by atoms with Gasteiger partial charge in [0.2, 0.25) is 0 Å². The Morgan fingerprint density at radius 1 is 1.73 bits per heavy atom. The molecular weight excluding hydrogens is 164 g/mol. The Morgan fingerprint density at radius 3 is 2.64 bits per heavy atom. The molecule has 0 spiro atoms. The number of halogens is 1. The fourth-order valence-electron chi connectivity index (χ4n) is 0.943. The van der Waals surface area contributed by atoms with Crippen LogP contribution in [0.2, 0.25) is 0 Å². The minimum atomic E-state index is 0.0130. The van der Waals surface area contributed by atoms with Crippen LogP contribution in [0.15, 0.2) is 12.3 Å². The van der Waals surface area contributed by atoms with Crippen molar-refractivity contribution in [3.63, 3.8) is 0 Å². The number of nitrogens with zero attached hydrogens (tertiary/aromatic N) is 2. The highest BCUT2D eigenvalue weighted by Gasteiger charge is 2.01. The van der Waals surface area contributed by atoms with E-state index >= 15 is 0 Å². The molecule has 0 bridgehead atoms. The molecule has 0 aliphatic rings. The van der Waals surface area contributed by atoms with Gasteiger partial charge in [-0.15, -0.1) is 5.69 Å². The summed E-state index contributed by atoms with van der Waals surface area (Å²) in [6, 6.07) is 1.65. The van der Waals surface area contributed by atoms with Crippen molar-refractivity contribution in [1.82, 2.24) is 4.57 Å². The summed E-state index contributed by atoms with van der Waals surface area (Å²) in [5, 5.41) is 0.